The van der Waals surface area contributed by atoms with Gasteiger partial charge in [0.05, 0.1) is 19.6 Å². The molecule has 0 bridgehead atoms. The number of carbonyl (C=O) groups excluding carboxylic acids is 1. The number of nitrogens with one attached hydrogen (secondary N) is 2. The van der Waals surface area contributed by atoms with Crippen LogP contribution >= 0.6 is 11.3 Å². The maximum absolute atomic E-state index is 12.1. The molecule has 2 rings (SSSR count). The van der Waals surface area contributed by atoms with Gasteiger partial charge in [0, 0.05) is 26.2 Å². The summed E-state index contributed by atoms with van der Waals surface area (Å²) in [5, 5.41) is 4.95. The second-order valence-corrected chi connectivity index (χ2v) is 8.79. The molecule has 1 fully saturated rings. The lowest BCUT2D eigenvalue weighted by atomic mass is 9.97. The quantitative estimate of drug-likeness (QED) is 0.304. The van der Waals surface area contributed by atoms with E-state index >= 15 is 0 Å². The molecule has 10 heteroatoms. The Balaban J connectivity index is 1.86. The van der Waals surface area contributed by atoms with Crippen LogP contribution in [0, 0.1) is 5.92 Å². The number of methoxy groups -OCH3 is 1. The van der Waals surface area contributed by atoms with Crippen molar-refractivity contribution in [1.82, 2.24) is 14.9 Å². The van der Waals surface area contributed by atoms with E-state index in [0.717, 1.165) is 25.3 Å². The fourth-order valence-electron chi connectivity index (χ4n) is 2.75. The Morgan fingerprint density at radius 1 is 1.42 bits per heavy atom. The number of hydrogen-bond donors (Lipinski definition) is 2. The fraction of sp³-hybridized carbons (Fsp3) is 0.625. The van der Waals surface area contributed by atoms with Crippen molar-refractivity contribution in [3.05, 3.63) is 17.5 Å². The first-order valence-electron chi connectivity index (χ1n) is 8.62. The minimum Gasteiger partial charge on any atom is -0.469 e. The van der Waals surface area contributed by atoms with Crippen LogP contribution < -0.4 is 10.0 Å². The van der Waals surface area contributed by atoms with Crippen LogP contribution in [0.4, 0.5) is 0 Å². The SMILES string of the molecule is CCNC(=NCCNS(=O)(=O)c1cccs1)N1CCC(C(=O)OC)CC1. The van der Waals surface area contributed by atoms with Gasteiger partial charge in [-0.05, 0) is 31.2 Å². The number of hydrogen-bond acceptors (Lipinski definition) is 6. The van der Waals surface area contributed by atoms with E-state index in [1.54, 1.807) is 17.5 Å². The topological polar surface area (TPSA) is 100 Å². The van der Waals surface area contributed by atoms with E-state index in [9.17, 15) is 13.2 Å². The Kier molecular flexibility index (Phi) is 7.85. The van der Waals surface area contributed by atoms with E-state index in [1.807, 2.05) is 6.92 Å². The van der Waals surface area contributed by atoms with Gasteiger partial charge in [-0.15, -0.1) is 11.3 Å². The number of piperidine rings is 1. The van der Waals surface area contributed by atoms with Crippen molar-refractivity contribution < 1.29 is 17.9 Å². The number of thiophene rings is 1. The molecule has 2 heterocycles. The Morgan fingerprint density at radius 3 is 2.73 bits per heavy atom. The number of aliphatic imine (C=N–C) groups is 1. The van der Waals surface area contributed by atoms with Gasteiger partial charge in [0.2, 0.25) is 10.0 Å². The van der Waals surface area contributed by atoms with Crippen LogP contribution in [-0.2, 0) is 19.6 Å². The van der Waals surface area contributed by atoms with Crippen molar-refractivity contribution >= 4 is 33.3 Å². The molecule has 0 unspecified atom stereocenters. The van der Waals surface area contributed by atoms with Gasteiger partial charge in [-0.2, -0.15) is 0 Å². The summed E-state index contributed by atoms with van der Waals surface area (Å²) in [5.41, 5.74) is 0. The lowest BCUT2D eigenvalue weighted by Gasteiger charge is -2.33. The normalized spacial score (nSPS) is 16.5. The van der Waals surface area contributed by atoms with Crippen LogP contribution in [0.2, 0.25) is 0 Å². The molecule has 1 aromatic heterocycles. The zero-order chi connectivity index (χ0) is 19.0. The zero-order valence-electron chi connectivity index (χ0n) is 15.1. The van der Waals surface area contributed by atoms with Crippen LogP contribution in [0.25, 0.3) is 0 Å². The van der Waals surface area contributed by atoms with Crippen LogP contribution in [-0.4, -0.2) is 65.1 Å². The molecule has 0 spiro atoms. The number of nitrogens with zero attached hydrogens (tertiary/aromatic N) is 2. The molecule has 146 valence electrons. The molecule has 1 aliphatic heterocycles. The van der Waals surface area contributed by atoms with Gasteiger partial charge in [0.1, 0.15) is 4.21 Å². The summed E-state index contributed by atoms with van der Waals surface area (Å²) in [4.78, 5) is 18.2. The number of carbonyl (C=O) groups is 1. The molecule has 0 aromatic carbocycles. The van der Waals surface area contributed by atoms with Crippen molar-refractivity contribution in [3.8, 4) is 0 Å². The molecule has 8 nitrogen and oxygen atoms in total. The minimum atomic E-state index is -3.46. The highest BCUT2D eigenvalue weighted by molar-refractivity contribution is 7.91. The summed E-state index contributed by atoms with van der Waals surface area (Å²) >= 11 is 1.18. The Bertz CT molecular complexity index is 696. The molecular formula is C16H26N4O4S2. The largest absolute Gasteiger partial charge is 0.469 e. The van der Waals surface area contributed by atoms with E-state index < -0.39 is 10.0 Å². The first-order chi connectivity index (χ1) is 12.5. The molecule has 1 aromatic rings. The van der Waals surface area contributed by atoms with Gasteiger partial charge in [-0.3, -0.25) is 9.79 Å². The van der Waals surface area contributed by atoms with Crippen LogP contribution in [0.1, 0.15) is 19.8 Å². The molecule has 0 aliphatic carbocycles. The second-order valence-electron chi connectivity index (χ2n) is 5.85. The standard InChI is InChI=1S/C16H26N4O4S2/c1-3-17-16(20-10-6-13(7-11-20)15(21)24-2)18-8-9-19-26(22,23)14-5-4-12-25-14/h4-5,12-13,19H,3,6-11H2,1-2H3,(H,17,18). The average molecular weight is 403 g/mol. The van der Waals surface area contributed by atoms with Crippen LogP contribution in [0.5, 0.6) is 0 Å². The lowest BCUT2D eigenvalue weighted by Crippen LogP contribution is -2.47. The number of sulfonamides is 1. The minimum absolute atomic E-state index is 0.0586. The molecule has 1 saturated heterocycles. The molecule has 0 amide bonds. The van der Waals surface area contributed by atoms with Gasteiger partial charge in [0.15, 0.2) is 5.96 Å². The summed E-state index contributed by atoms with van der Waals surface area (Å²) in [7, 11) is -2.04. The first kappa shape index (κ1) is 20.7. The summed E-state index contributed by atoms with van der Waals surface area (Å²) in [6, 6.07) is 3.28. The summed E-state index contributed by atoms with van der Waals surface area (Å²) in [6.07, 6.45) is 1.45. The van der Waals surface area contributed by atoms with Crippen LogP contribution in [0.3, 0.4) is 0 Å². The number of esters is 1. The predicted molar refractivity (Wildman–Crippen MR) is 102 cm³/mol. The van der Waals surface area contributed by atoms with Crippen molar-refractivity contribution in [3.63, 3.8) is 0 Å². The average Bonchev–Trinajstić information content (AvgIpc) is 3.19. The van der Waals surface area contributed by atoms with Crippen molar-refractivity contribution in [2.45, 2.75) is 24.0 Å². The third-order valence-electron chi connectivity index (χ3n) is 4.09. The Hall–Kier alpha value is -1.65. The van der Waals surface area contributed by atoms with Gasteiger partial charge >= 0.3 is 5.97 Å². The molecule has 0 saturated carbocycles. The fourth-order valence-corrected chi connectivity index (χ4v) is 4.81. The van der Waals surface area contributed by atoms with Crippen molar-refractivity contribution in [1.29, 1.82) is 0 Å². The number of guanidine groups is 1. The Morgan fingerprint density at radius 2 is 2.15 bits per heavy atom. The Labute approximate surface area is 158 Å². The third kappa shape index (κ3) is 5.68. The van der Waals surface area contributed by atoms with Crippen molar-refractivity contribution in [2.24, 2.45) is 10.9 Å². The summed E-state index contributed by atoms with van der Waals surface area (Å²) in [5.74, 6) is 0.525. The number of likely N-dealkylation sites (tertiary alicyclic amines) is 1. The maximum Gasteiger partial charge on any atom is 0.308 e. The second kappa shape index (κ2) is 9.89. The lowest BCUT2D eigenvalue weighted by molar-refractivity contribution is -0.146. The zero-order valence-corrected chi connectivity index (χ0v) is 16.7. The van der Waals surface area contributed by atoms with Crippen molar-refractivity contribution in [2.75, 3.05) is 39.8 Å². The third-order valence-corrected chi connectivity index (χ3v) is 6.95. The smallest absolute Gasteiger partial charge is 0.308 e. The van der Waals surface area contributed by atoms with Gasteiger partial charge in [-0.1, -0.05) is 6.07 Å². The van der Waals surface area contributed by atoms with Gasteiger partial charge in [0.25, 0.3) is 0 Å². The maximum atomic E-state index is 12.1. The summed E-state index contributed by atoms with van der Waals surface area (Å²) in [6.45, 7) is 4.70. The van der Waals surface area contributed by atoms with Crippen LogP contribution in [0.15, 0.2) is 26.7 Å². The molecular weight excluding hydrogens is 376 g/mol. The molecule has 26 heavy (non-hydrogen) atoms. The van der Waals surface area contributed by atoms with Gasteiger partial charge in [-0.25, -0.2) is 13.1 Å². The van der Waals surface area contributed by atoms with E-state index in [-0.39, 0.29) is 18.4 Å². The highest BCUT2D eigenvalue weighted by atomic mass is 32.2. The predicted octanol–water partition coefficient (Wildman–Crippen LogP) is 0.877. The first-order valence-corrected chi connectivity index (χ1v) is 11.0. The molecule has 0 radical (unpaired) electrons. The monoisotopic (exact) mass is 402 g/mol. The van der Waals surface area contributed by atoms with E-state index in [4.69, 9.17) is 4.74 Å². The molecule has 0 atom stereocenters. The molecule has 1 aliphatic rings. The highest BCUT2D eigenvalue weighted by Crippen LogP contribution is 2.18. The van der Waals surface area contributed by atoms with Gasteiger partial charge < -0.3 is 15.0 Å². The number of ether oxygens (including phenoxy) is 1. The highest BCUT2D eigenvalue weighted by Gasteiger charge is 2.26. The summed E-state index contributed by atoms with van der Waals surface area (Å²) < 4.78 is 31.8. The van der Waals surface area contributed by atoms with E-state index in [0.29, 0.717) is 23.8 Å². The molecule has 2 N–H and O–H groups in total. The number of rotatable bonds is 7. The van der Waals surface area contributed by atoms with E-state index in [1.165, 1.54) is 18.4 Å². The van der Waals surface area contributed by atoms with E-state index in [2.05, 4.69) is 19.9 Å².